The van der Waals surface area contributed by atoms with Crippen LogP contribution in [0.2, 0.25) is 0 Å². The SMILES string of the molecule is Cc1ccc(Oc2ncccc2C(=O)N2CCC3(CC2)C[C@H](Cc2ccccc2)N(C)C3=O)cn1. The Labute approximate surface area is 205 Å². The molecule has 0 unspecified atom stereocenters. The zero-order valence-corrected chi connectivity index (χ0v) is 20.2. The van der Waals surface area contributed by atoms with E-state index >= 15 is 0 Å². The van der Waals surface area contributed by atoms with Crippen molar-refractivity contribution in [3.05, 3.63) is 83.8 Å². The maximum absolute atomic E-state index is 13.4. The second-order valence-corrected chi connectivity index (χ2v) is 9.63. The van der Waals surface area contributed by atoms with Crippen molar-refractivity contribution in [2.24, 2.45) is 5.41 Å². The molecule has 0 radical (unpaired) electrons. The van der Waals surface area contributed by atoms with E-state index in [1.54, 1.807) is 24.5 Å². The third kappa shape index (κ3) is 4.63. The van der Waals surface area contributed by atoms with Gasteiger partial charge in [0.1, 0.15) is 11.3 Å². The third-order valence-electron chi connectivity index (χ3n) is 7.37. The second-order valence-electron chi connectivity index (χ2n) is 9.63. The summed E-state index contributed by atoms with van der Waals surface area (Å²) in [6, 6.07) is 17.6. The molecule has 0 saturated carbocycles. The molecular weight excluding hydrogens is 440 g/mol. The highest BCUT2D eigenvalue weighted by Gasteiger charge is 2.51. The molecule has 7 nitrogen and oxygen atoms in total. The largest absolute Gasteiger partial charge is 0.437 e. The Hall–Kier alpha value is -3.74. The van der Waals surface area contributed by atoms with Crippen LogP contribution in [0.5, 0.6) is 11.6 Å². The fourth-order valence-electron chi connectivity index (χ4n) is 5.30. The lowest BCUT2D eigenvalue weighted by molar-refractivity contribution is -0.137. The van der Waals surface area contributed by atoms with Gasteiger partial charge in [0.15, 0.2) is 0 Å². The van der Waals surface area contributed by atoms with E-state index in [0.29, 0.717) is 37.2 Å². The topological polar surface area (TPSA) is 75.6 Å². The van der Waals surface area contributed by atoms with Gasteiger partial charge in [-0.2, -0.15) is 0 Å². The lowest BCUT2D eigenvalue weighted by Gasteiger charge is -2.37. The molecule has 4 heterocycles. The minimum Gasteiger partial charge on any atom is -0.437 e. The molecule has 1 aromatic carbocycles. The predicted octanol–water partition coefficient (Wildman–Crippen LogP) is 4.27. The number of carbonyl (C=O) groups is 2. The summed E-state index contributed by atoms with van der Waals surface area (Å²) in [5.41, 5.74) is 2.16. The number of aromatic nitrogens is 2. The van der Waals surface area contributed by atoms with Crippen molar-refractivity contribution in [1.29, 1.82) is 0 Å². The van der Waals surface area contributed by atoms with E-state index in [4.69, 9.17) is 4.74 Å². The van der Waals surface area contributed by atoms with Gasteiger partial charge in [-0.15, -0.1) is 0 Å². The average Bonchev–Trinajstić information content (AvgIpc) is 3.11. The summed E-state index contributed by atoms with van der Waals surface area (Å²) in [6.45, 7) is 2.98. The molecule has 2 aliphatic rings. The Kier molecular flexibility index (Phi) is 6.24. The van der Waals surface area contributed by atoms with Crippen molar-refractivity contribution in [1.82, 2.24) is 19.8 Å². The molecule has 7 heteroatoms. The molecule has 1 spiro atoms. The molecule has 0 bridgehead atoms. The van der Waals surface area contributed by atoms with Crippen LogP contribution < -0.4 is 4.74 Å². The first kappa shape index (κ1) is 23.0. The smallest absolute Gasteiger partial charge is 0.259 e. The van der Waals surface area contributed by atoms with Crippen LogP contribution in [-0.4, -0.2) is 57.8 Å². The summed E-state index contributed by atoms with van der Waals surface area (Å²) in [7, 11) is 1.92. The summed E-state index contributed by atoms with van der Waals surface area (Å²) < 4.78 is 5.89. The number of hydrogen-bond acceptors (Lipinski definition) is 5. The molecule has 180 valence electrons. The molecule has 2 aromatic heterocycles. The molecule has 3 aromatic rings. The Morgan fingerprint density at radius 2 is 1.83 bits per heavy atom. The number of pyridine rings is 2. The highest BCUT2D eigenvalue weighted by atomic mass is 16.5. The summed E-state index contributed by atoms with van der Waals surface area (Å²) in [4.78, 5) is 39.0. The van der Waals surface area contributed by atoms with E-state index in [1.165, 1.54) is 5.56 Å². The number of carbonyl (C=O) groups excluding carboxylic acids is 2. The van der Waals surface area contributed by atoms with Gasteiger partial charge in [0.05, 0.1) is 11.6 Å². The van der Waals surface area contributed by atoms with Crippen LogP contribution in [0.25, 0.3) is 0 Å². The number of benzene rings is 1. The van der Waals surface area contributed by atoms with Crippen molar-refractivity contribution in [2.75, 3.05) is 20.1 Å². The normalized spacial score (nSPS) is 19.3. The highest BCUT2D eigenvalue weighted by Crippen LogP contribution is 2.45. The van der Waals surface area contributed by atoms with Gasteiger partial charge in [0, 0.05) is 38.1 Å². The van der Waals surface area contributed by atoms with E-state index in [9.17, 15) is 9.59 Å². The number of amides is 2. The average molecular weight is 471 g/mol. The van der Waals surface area contributed by atoms with Crippen LogP contribution in [0.15, 0.2) is 67.0 Å². The van der Waals surface area contributed by atoms with Gasteiger partial charge in [-0.25, -0.2) is 4.98 Å². The Morgan fingerprint density at radius 3 is 2.54 bits per heavy atom. The molecule has 2 amide bonds. The fourth-order valence-corrected chi connectivity index (χ4v) is 5.30. The molecule has 0 aliphatic carbocycles. The van der Waals surface area contributed by atoms with Crippen LogP contribution in [0, 0.1) is 12.3 Å². The Balaban J connectivity index is 1.26. The summed E-state index contributed by atoms with van der Waals surface area (Å²) in [5, 5.41) is 0. The third-order valence-corrected chi connectivity index (χ3v) is 7.37. The minimum absolute atomic E-state index is 0.123. The van der Waals surface area contributed by atoms with Gasteiger partial charge in [0.2, 0.25) is 11.8 Å². The molecular formula is C28H30N4O3. The van der Waals surface area contributed by atoms with Crippen LogP contribution >= 0.6 is 0 Å². The van der Waals surface area contributed by atoms with Gasteiger partial charge >= 0.3 is 0 Å². The molecule has 2 fully saturated rings. The lowest BCUT2D eigenvalue weighted by Crippen LogP contribution is -2.46. The van der Waals surface area contributed by atoms with E-state index in [0.717, 1.165) is 18.5 Å². The van der Waals surface area contributed by atoms with Gasteiger partial charge < -0.3 is 14.5 Å². The van der Waals surface area contributed by atoms with Crippen molar-refractivity contribution >= 4 is 11.8 Å². The maximum Gasteiger partial charge on any atom is 0.259 e. The van der Waals surface area contributed by atoms with Crippen molar-refractivity contribution in [3.8, 4) is 11.6 Å². The monoisotopic (exact) mass is 470 g/mol. The molecule has 5 rings (SSSR count). The number of likely N-dealkylation sites (N-methyl/N-ethyl adjacent to an activating group) is 1. The van der Waals surface area contributed by atoms with Crippen LogP contribution in [-0.2, 0) is 11.2 Å². The van der Waals surface area contributed by atoms with E-state index in [1.807, 2.05) is 54.1 Å². The standard InChI is InChI=1S/C28H30N4O3/c1-20-10-11-23(19-30-20)35-25-24(9-6-14-29-25)26(33)32-15-12-28(13-16-32)18-22(31(2)27(28)34)17-21-7-4-3-5-8-21/h3-11,14,19,22H,12-13,15-18H2,1-2H3/t22-/m0/s1. The zero-order chi connectivity index (χ0) is 24.4. The summed E-state index contributed by atoms with van der Waals surface area (Å²) in [6.07, 6.45) is 6.27. The quantitative estimate of drug-likeness (QED) is 0.557. The number of rotatable bonds is 5. The molecule has 2 aliphatic heterocycles. The Bertz CT molecular complexity index is 1200. The van der Waals surface area contributed by atoms with Crippen LogP contribution in [0.1, 0.15) is 40.9 Å². The first-order valence-electron chi connectivity index (χ1n) is 12.1. The van der Waals surface area contributed by atoms with Gasteiger partial charge in [0.25, 0.3) is 5.91 Å². The molecule has 35 heavy (non-hydrogen) atoms. The van der Waals surface area contributed by atoms with Crippen LogP contribution in [0.4, 0.5) is 0 Å². The fraction of sp³-hybridized carbons (Fsp3) is 0.357. The number of nitrogens with zero attached hydrogens (tertiary/aromatic N) is 4. The second kappa shape index (κ2) is 9.49. The number of ether oxygens (including phenoxy) is 1. The van der Waals surface area contributed by atoms with E-state index < -0.39 is 0 Å². The van der Waals surface area contributed by atoms with Crippen molar-refractivity contribution < 1.29 is 14.3 Å². The Morgan fingerprint density at radius 1 is 1.06 bits per heavy atom. The zero-order valence-electron chi connectivity index (χ0n) is 20.2. The van der Waals surface area contributed by atoms with Crippen LogP contribution in [0.3, 0.4) is 0 Å². The van der Waals surface area contributed by atoms with Crippen molar-refractivity contribution in [2.45, 2.75) is 38.6 Å². The first-order chi connectivity index (χ1) is 16.9. The highest BCUT2D eigenvalue weighted by molar-refractivity contribution is 5.96. The van der Waals surface area contributed by atoms with Gasteiger partial charge in [-0.1, -0.05) is 30.3 Å². The lowest BCUT2D eigenvalue weighted by atomic mass is 9.75. The number of likely N-dealkylation sites (tertiary alicyclic amines) is 2. The van der Waals surface area contributed by atoms with Gasteiger partial charge in [-0.05, 0) is 62.4 Å². The summed E-state index contributed by atoms with van der Waals surface area (Å²) in [5.74, 6) is 0.887. The molecule has 1 atom stereocenters. The minimum atomic E-state index is -0.382. The molecule has 0 N–H and O–H groups in total. The maximum atomic E-state index is 13.4. The molecule has 2 saturated heterocycles. The van der Waals surface area contributed by atoms with E-state index in [2.05, 4.69) is 22.1 Å². The van der Waals surface area contributed by atoms with Crippen molar-refractivity contribution in [3.63, 3.8) is 0 Å². The summed E-state index contributed by atoms with van der Waals surface area (Å²) >= 11 is 0. The number of piperidine rings is 1. The predicted molar refractivity (Wildman–Crippen MR) is 132 cm³/mol. The number of hydrogen-bond donors (Lipinski definition) is 0. The first-order valence-corrected chi connectivity index (χ1v) is 12.1. The van der Waals surface area contributed by atoms with Gasteiger partial charge in [-0.3, -0.25) is 14.6 Å². The number of aryl methyl sites for hydroxylation is 1. The van der Waals surface area contributed by atoms with E-state index in [-0.39, 0.29) is 29.2 Å².